The van der Waals surface area contributed by atoms with Gasteiger partial charge in [0.2, 0.25) is 10.0 Å². The lowest BCUT2D eigenvalue weighted by atomic mass is 10.1. The number of halogens is 1. The molecule has 3 aromatic rings. The van der Waals surface area contributed by atoms with Gasteiger partial charge in [-0.2, -0.15) is 4.31 Å². The molecule has 0 aliphatic carbocycles. The molecule has 1 heterocycles. The largest absolute Gasteiger partial charge is 0.322 e. The number of piperazine rings is 1. The average Bonchev–Trinajstić information content (AvgIpc) is 2.80. The molecule has 1 aliphatic heterocycles. The quantitative estimate of drug-likeness (QED) is 0.564. The van der Waals surface area contributed by atoms with Gasteiger partial charge in [0.1, 0.15) is 0 Å². The lowest BCUT2D eigenvalue weighted by molar-refractivity contribution is 0.102. The van der Waals surface area contributed by atoms with E-state index in [1.54, 1.807) is 46.8 Å². The van der Waals surface area contributed by atoms with E-state index in [0.29, 0.717) is 53.9 Å². The number of carbonyl (C=O) groups is 1. The van der Waals surface area contributed by atoms with Crippen molar-refractivity contribution < 1.29 is 13.2 Å². The Morgan fingerprint density at radius 1 is 0.939 bits per heavy atom. The maximum atomic E-state index is 12.9. The molecule has 1 aliphatic rings. The molecule has 0 spiro atoms. The van der Waals surface area contributed by atoms with E-state index < -0.39 is 10.0 Å². The smallest absolute Gasteiger partial charge is 0.255 e. The standard InChI is InChI=1S/C25H26ClN3O3S/c1-19-8-10-24(11-9-19)33(31,32)29-14-12-28(13-15-29)18-20-4-2-5-21(16-20)25(30)27-23-7-3-6-22(26)17-23/h2-11,16-17H,12-15,18H2,1H3,(H,27,30). The van der Waals surface area contributed by atoms with Gasteiger partial charge in [-0.25, -0.2) is 8.42 Å². The predicted molar refractivity (Wildman–Crippen MR) is 131 cm³/mol. The lowest BCUT2D eigenvalue weighted by Crippen LogP contribution is -2.48. The SMILES string of the molecule is Cc1ccc(S(=O)(=O)N2CCN(Cc3cccc(C(=O)Nc4cccc(Cl)c4)c3)CC2)cc1. The van der Waals surface area contributed by atoms with Crippen molar-refractivity contribution in [2.45, 2.75) is 18.4 Å². The second-order valence-corrected chi connectivity index (χ2v) is 10.5. The van der Waals surface area contributed by atoms with E-state index in [2.05, 4.69) is 10.2 Å². The second kappa shape index (κ2) is 10.1. The van der Waals surface area contributed by atoms with Gasteiger partial charge in [0.25, 0.3) is 5.91 Å². The lowest BCUT2D eigenvalue weighted by Gasteiger charge is -2.34. The minimum atomic E-state index is -3.48. The van der Waals surface area contributed by atoms with Crippen LogP contribution in [0.5, 0.6) is 0 Å². The Bertz CT molecular complexity index is 1240. The zero-order valence-corrected chi connectivity index (χ0v) is 19.9. The number of benzene rings is 3. The summed E-state index contributed by atoms with van der Waals surface area (Å²) in [7, 11) is -3.48. The van der Waals surface area contributed by atoms with Crippen molar-refractivity contribution in [3.63, 3.8) is 0 Å². The number of hydrogen-bond acceptors (Lipinski definition) is 4. The molecule has 1 fully saturated rings. The van der Waals surface area contributed by atoms with Gasteiger partial charge in [-0.15, -0.1) is 0 Å². The van der Waals surface area contributed by atoms with Crippen molar-refractivity contribution in [3.05, 3.63) is 94.5 Å². The maximum Gasteiger partial charge on any atom is 0.255 e. The van der Waals surface area contributed by atoms with Crippen molar-refractivity contribution in [2.75, 3.05) is 31.5 Å². The van der Waals surface area contributed by atoms with Crippen LogP contribution in [0, 0.1) is 6.92 Å². The number of nitrogens with zero attached hydrogens (tertiary/aromatic N) is 2. The zero-order chi connectivity index (χ0) is 23.4. The van der Waals surface area contributed by atoms with Crippen molar-refractivity contribution >= 4 is 33.2 Å². The maximum absolute atomic E-state index is 12.9. The van der Waals surface area contributed by atoms with Crippen LogP contribution in [0.2, 0.25) is 5.02 Å². The molecule has 33 heavy (non-hydrogen) atoms. The monoisotopic (exact) mass is 483 g/mol. The zero-order valence-electron chi connectivity index (χ0n) is 18.4. The number of anilines is 1. The molecule has 1 saturated heterocycles. The summed E-state index contributed by atoms with van der Waals surface area (Å²) >= 11 is 5.99. The summed E-state index contributed by atoms with van der Waals surface area (Å²) in [6.45, 7) is 4.71. The van der Waals surface area contributed by atoms with Crippen molar-refractivity contribution in [1.82, 2.24) is 9.21 Å². The summed E-state index contributed by atoms with van der Waals surface area (Å²) < 4.78 is 27.4. The topological polar surface area (TPSA) is 69.7 Å². The van der Waals surface area contributed by atoms with E-state index in [1.165, 1.54) is 0 Å². The highest BCUT2D eigenvalue weighted by Gasteiger charge is 2.28. The normalized spacial score (nSPS) is 15.3. The highest BCUT2D eigenvalue weighted by molar-refractivity contribution is 7.89. The fourth-order valence-electron chi connectivity index (χ4n) is 3.83. The molecule has 0 bridgehead atoms. The summed E-state index contributed by atoms with van der Waals surface area (Å²) in [5.74, 6) is -0.201. The van der Waals surface area contributed by atoms with Gasteiger partial charge in [-0.3, -0.25) is 9.69 Å². The van der Waals surface area contributed by atoms with Crippen LogP contribution in [-0.4, -0.2) is 49.7 Å². The van der Waals surface area contributed by atoms with Gasteiger partial charge in [0.05, 0.1) is 4.90 Å². The molecular formula is C25H26ClN3O3S. The molecular weight excluding hydrogens is 458 g/mol. The fourth-order valence-corrected chi connectivity index (χ4v) is 5.44. The van der Waals surface area contributed by atoms with E-state index in [-0.39, 0.29) is 5.91 Å². The third kappa shape index (κ3) is 5.81. The van der Waals surface area contributed by atoms with Gasteiger partial charge < -0.3 is 5.32 Å². The van der Waals surface area contributed by atoms with E-state index in [4.69, 9.17) is 11.6 Å². The van der Waals surface area contributed by atoms with Gasteiger partial charge in [-0.1, -0.05) is 47.5 Å². The molecule has 0 radical (unpaired) electrons. The van der Waals surface area contributed by atoms with Crippen LogP contribution < -0.4 is 5.32 Å². The first kappa shape index (κ1) is 23.4. The number of sulfonamides is 1. The third-order valence-corrected chi connectivity index (χ3v) is 7.82. The first-order valence-electron chi connectivity index (χ1n) is 10.8. The molecule has 1 amide bonds. The Labute approximate surface area is 199 Å². The van der Waals surface area contributed by atoms with Crippen molar-refractivity contribution in [1.29, 1.82) is 0 Å². The van der Waals surface area contributed by atoms with E-state index in [9.17, 15) is 13.2 Å². The first-order chi connectivity index (χ1) is 15.8. The molecule has 0 aromatic heterocycles. The van der Waals surface area contributed by atoms with Crippen molar-refractivity contribution in [3.8, 4) is 0 Å². The van der Waals surface area contributed by atoms with Gasteiger partial charge in [0.15, 0.2) is 0 Å². The summed E-state index contributed by atoms with van der Waals surface area (Å²) in [5.41, 5.74) is 3.24. The molecule has 0 atom stereocenters. The Balaban J connectivity index is 1.36. The number of rotatable bonds is 6. The van der Waals surface area contributed by atoms with Crippen LogP contribution in [0.25, 0.3) is 0 Å². The first-order valence-corrected chi connectivity index (χ1v) is 12.6. The summed E-state index contributed by atoms with van der Waals surface area (Å²) in [4.78, 5) is 15.2. The van der Waals surface area contributed by atoms with Crippen LogP contribution in [0.1, 0.15) is 21.5 Å². The van der Waals surface area contributed by atoms with Gasteiger partial charge in [-0.05, 0) is 55.0 Å². The molecule has 6 nitrogen and oxygen atoms in total. The molecule has 0 saturated carbocycles. The Kier molecular flexibility index (Phi) is 7.14. The second-order valence-electron chi connectivity index (χ2n) is 8.16. The van der Waals surface area contributed by atoms with E-state index >= 15 is 0 Å². The number of aryl methyl sites for hydroxylation is 1. The summed E-state index contributed by atoms with van der Waals surface area (Å²) in [6, 6.07) is 21.5. The van der Waals surface area contributed by atoms with Crippen LogP contribution in [0.4, 0.5) is 5.69 Å². The molecule has 0 unspecified atom stereocenters. The van der Waals surface area contributed by atoms with E-state index in [0.717, 1.165) is 11.1 Å². The van der Waals surface area contributed by atoms with Gasteiger partial charge >= 0.3 is 0 Å². The Morgan fingerprint density at radius 2 is 1.64 bits per heavy atom. The number of nitrogens with one attached hydrogen (secondary N) is 1. The van der Waals surface area contributed by atoms with Gasteiger partial charge in [0, 0.05) is 49.0 Å². The average molecular weight is 484 g/mol. The fraction of sp³-hybridized carbons (Fsp3) is 0.240. The van der Waals surface area contributed by atoms with Crippen LogP contribution in [0.3, 0.4) is 0 Å². The highest BCUT2D eigenvalue weighted by Crippen LogP contribution is 2.20. The molecule has 4 rings (SSSR count). The third-order valence-electron chi connectivity index (χ3n) is 5.67. The minimum absolute atomic E-state index is 0.201. The highest BCUT2D eigenvalue weighted by atomic mass is 35.5. The van der Waals surface area contributed by atoms with E-state index in [1.807, 2.05) is 37.3 Å². The minimum Gasteiger partial charge on any atom is -0.322 e. The number of amides is 1. The predicted octanol–water partition coefficient (Wildman–Crippen LogP) is 4.41. The summed E-state index contributed by atoms with van der Waals surface area (Å²) in [5, 5.41) is 3.42. The Morgan fingerprint density at radius 3 is 2.33 bits per heavy atom. The number of carbonyl (C=O) groups excluding carboxylic acids is 1. The molecule has 172 valence electrons. The van der Waals surface area contributed by atoms with Crippen LogP contribution >= 0.6 is 11.6 Å². The molecule has 1 N–H and O–H groups in total. The number of hydrogen-bond donors (Lipinski definition) is 1. The van der Waals surface area contributed by atoms with Crippen molar-refractivity contribution in [2.24, 2.45) is 0 Å². The Hall–Kier alpha value is -2.71. The summed E-state index contributed by atoms with van der Waals surface area (Å²) in [6.07, 6.45) is 0. The molecule has 8 heteroatoms. The molecule has 3 aromatic carbocycles. The van der Waals surface area contributed by atoms with Crippen LogP contribution in [0.15, 0.2) is 77.7 Å². The van der Waals surface area contributed by atoms with Crippen LogP contribution in [-0.2, 0) is 16.6 Å².